The third kappa shape index (κ3) is 5.30. The van der Waals surface area contributed by atoms with Crippen LogP contribution in [0.25, 0.3) is 0 Å². The van der Waals surface area contributed by atoms with Crippen molar-refractivity contribution in [3.63, 3.8) is 0 Å². The maximum atomic E-state index is 13.2. The Hall–Kier alpha value is -2.40. The molecule has 0 aliphatic carbocycles. The van der Waals surface area contributed by atoms with Crippen LogP contribution in [-0.2, 0) is 4.79 Å². The number of hydrogen-bond acceptors (Lipinski definition) is 3. The van der Waals surface area contributed by atoms with Gasteiger partial charge < -0.3 is 9.64 Å². The third-order valence-electron chi connectivity index (χ3n) is 4.37. The van der Waals surface area contributed by atoms with Crippen molar-refractivity contribution in [1.82, 2.24) is 9.80 Å². The average molecular weight is 358 g/mol. The number of likely N-dealkylation sites (N-methyl/N-ethyl adjacent to an activating group) is 2. The summed E-state index contributed by atoms with van der Waals surface area (Å²) in [6, 6.07) is 15.5. The van der Waals surface area contributed by atoms with Gasteiger partial charge in [-0.3, -0.25) is 9.69 Å². The van der Waals surface area contributed by atoms with Crippen LogP contribution in [0.4, 0.5) is 4.39 Å². The van der Waals surface area contributed by atoms with E-state index in [2.05, 4.69) is 0 Å². The van der Waals surface area contributed by atoms with Crippen molar-refractivity contribution in [1.29, 1.82) is 0 Å². The second kappa shape index (κ2) is 9.92. The number of hydrogen-bond donors (Lipinski definition) is 0. The zero-order chi connectivity index (χ0) is 18.9. The van der Waals surface area contributed by atoms with Crippen LogP contribution in [0.15, 0.2) is 54.6 Å². The Morgan fingerprint density at radius 2 is 1.77 bits per heavy atom. The van der Waals surface area contributed by atoms with Crippen LogP contribution in [0, 0.1) is 5.82 Å². The lowest BCUT2D eigenvalue weighted by atomic mass is 10.0. The Kier molecular flexibility index (Phi) is 7.60. The highest BCUT2D eigenvalue weighted by Crippen LogP contribution is 2.22. The summed E-state index contributed by atoms with van der Waals surface area (Å²) in [4.78, 5) is 16.8. The maximum Gasteiger partial charge on any atom is 0.244 e. The monoisotopic (exact) mass is 358 g/mol. The largest absolute Gasteiger partial charge is 0.492 e. The highest BCUT2D eigenvalue weighted by Gasteiger charge is 2.28. The topological polar surface area (TPSA) is 32.8 Å². The van der Waals surface area contributed by atoms with E-state index in [1.165, 1.54) is 12.1 Å². The lowest BCUT2D eigenvalue weighted by Gasteiger charge is -2.32. The van der Waals surface area contributed by atoms with Gasteiger partial charge in [0.05, 0.1) is 0 Å². The number of nitrogens with zero attached hydrogens (tertiary/aromatic N) is 2. The molecular weight excluding hydrogens is 331 g/mol. The molecule has 0 aliphatic rings. The summed E-state index contributed by atoms with van der Waals surface area (Å²) in [5.41, 5.74) is 0.956. The van der Waals surface area contributed by atoms with Gasteiger partial charge in [0, 0.05) is 25.7 Å². The predicted octanol–water partition coefficient (Wildman–Crippen LogP) is 3.75. The van der Waals surface area contributed by atoms with Crippen LogP contribution < -0.4 is 4.74 Å². The SMILES string of the molecule is CCN(CC)C(=O)C(c1ccccc1)N(C)CCOc1cccc(F)c1. The summed E-state index contributed by atoms with van der Waals surface area (Å²) >= 11 is 0. The first-order valence-corrected chi connectivity index (χ1v) is 8.99. The van der Waals surface area contributed by atoms with E-state index in [9.17, 15) is 9.18 Å². The Morgan fingerprint density at radius 3 is 2.38 bits per heavy atom. The van der Waals surface area contributed by atoms with Crippen molar-refractivity contribution in [2.45, 2.75) is 19.9 Å². The predicted molar refractivity (Wildman–Crippen MR) is 102 cm³/mol. The summed E-state index contributed by atoms with van der Waals surface area (Å²) in [7, 11) is 1.91. The summed E-state index contributed by atoms with van der Waals surface area (Å²) < 4.78 is 18.9. The molecule has 0 spiro atoms. The minimum absolute atomic E-state index is 0.0782. The summed E-state index contributed by atoms with van der Waals surface area (Å²) in [6.45, 7) is 6.23. The Balaban J connectivity index is 2.07. The van der Waals surface area contributed by atoms with Gasteiger partial charge in [0.15, 0.2) is 0 Å². The molecule has 2 aromatic carbocycles. The molecular formula is C21H27FN2O2. The zero-order valence-corrected chi connectivity index (χ0v) is 15.7. The van der Waals surface area contributed by atoms with Gasteiger partial charge in [-0.15, -0.1) is 0 Å². The van der Waals surface area contributed by atoms with E-state index in [1.807, 2.05) is 61.0 Å². The van der Waals surface area contributed by atoms with E-state index in [0.29, 0.717) is 32.0 Å². The number of carbonyl (C=O) groups is 1. The average Bonchev–Trinajstić information content (AvgIpc) is 2.64. The van der Waals surface area contributed by atoms with Crippen molar-refractivity contribution in [2.75, 3.05) is 33.3 Å². The molecule has 0 heterocycles. The van der Waals surface area contributed by atoms with E-state index in [4.69, 9.17) is 4.74 Å². The minimum Gasteiger partial charge on any atom is -0.492 e. The second-order valence-electron chi connectivity index (χ2n) is 6.11. The maximum absolute atomic E-state index is 13.2. The molecule has 1 atom stereocenters. The molecule has 0 radical (unpaired) electrons. The van der Waals surface area contributed by atoms with E-state index in [1.54, 1.807) is 12.1 Å². The lowest BCUT2D eigenvalue weighted by Crippen LogP contribution is -2.42. The van der Waals surface area contributed by atoms with Gasteiger partial charge >= 0.3 is 0 Å². The summed E-state index contributed by atoms with van der Waals surface area (Å²) in [6.07, 6.45) is 0. The van der Waals surface area contributed by atoms with Gasteiger partial charge in [0.25, 0.3) is 0 Å². The highest BCUT2D eigenvalue weighted by molar-refractivity contribution is 5.83. The summed E-state index contributed by atoms with van der Waals surface area (Å²) in [5.74, 6) is 0.244. The molecule has 0 saturated carbocycles. The van der Waals surface area contributed by atoms with Crippen molar-refractivity contribution in [2.24, 2.45) is 0 Å². The number of carbonyl (C=O) groups excluding carboxylic acids is 1. The molecule has 140 valence electrons. The molecule has 1 amide bonds. The van der Waals surface area contributed by atoms with Crippen LogP contribution in [-0.4, -0.2) is 49.0 Å². The number of rotatable bonds is 9. The number of benzene rings is 2. The van der Waals surface area contributed by atoms with E-state index in [0.717, 1.165) is 5.56 Å². The van der Waals surface area contributed by atoms with Crippen LogP contribution >= 0.6 is 0 Å². The van der Waals surface area contributed by atoms with E-state index >= 15 is 0 Å². The van der Waals surface area contributed by atoms with Crippen molar-refractivity contribution >= 4 is 5.91 Å². The number of halogens is 1. The van der Waals surface area contributed by atoms with Crippen LogP contribution in [0.1, 0.15) is 25.5 Å². The molecule has 0 saturated heterocycles. The number of amides is 1. The van der Waals surface area contributed by atoms with E-state index in [-0.39, 0.29) is 17.8 Å². The fraction of sp³-hybridized carbons (Fsp3) is 0.381. The molecule has 2 rings (SSSR count). The molecule has 0 fully saturated rings. The van der Waals surface area contributed by atoms with Crippen LogP contribution in [0.3, 0.4) is 0 Å². The zero-order valence-electron chi connectivity index (χ0n) is 15.7. The molecule has 5 heteroatoms. The van der Waals surface area contributed by atoms with Gasteiger partial charge in [-0.1, -0.05) is 36.4 Å². The quantitative estimate of drug-likeness (QED) is 0.684. The van der Waals surface area contributed by atoms with Crippen molar-refractivity contribution < 1.29 is 13.9 Å². The molecule has 1 unspecified atom stereocenters. The first kappa shape index (κ1) is 19.9. The molecule has 0 aromatic heterocycles. The highest BCUT2D eigenvalue weighted by atomic mass is 19.1. The normalized spacial score (nSPS) is 12.0. The molecule has 0 bridgehead atoms. The lowest BCUT2D eigenvalue weighted by molar-refractivity contribution is -0.136. The standard InChI is InChI=1S/C21H27FN2O2/c1-4-24(5-2)21(25)20(17-10-7-6-8-11-17)23(3)14-15-26-19-13-9-12-18(22)16-19/h6-13,16,20H,4-5,14-15H2,1-3H3. The fourth-order valence-corrected chi connectivity index (χ4v) is 2.92. The summed E-state index contributed by atoms with van der Waals surface area (Å²) in [5, 5.41) is 0. The van der Waals surface area contributed by atoms with Crippen molar-refractivity contribution in [3.8, 4) is 5.75 Å². The second-order valence-corrected chi connectivity index (χ2v) is 6.11. The van der Waals surface area contributed by atoms with Gasteiger partial charge in [-0.2, -0.15) is 0 Å². The Morgan fingerprint density at radius 1 is 1.08 bits per heavy atom. The molecule has 4 nitrogen and oxygen atoms in total. The fourth-order valence-electron chi connectivity index (χ4n) is 2.92. The molecule has 0 N–H and O–H groups in total. The van der Waals surface area contributed by atoms with Crippen molar-refractivity contribution in [3.05, 3.63) is 66.0 Å². The van der Waals surface area contributed by atoms with E-state index < -0.39 is 0 Å². The van der Waals surface area contributed by atoms with Gasteiger partial charge in [0.1, 0.15) is 24.2 Å². The van der Waals surface area contributed by atoms with Gasteiger partial charge in [-0.05, 0) is 38.6 Å². The minimum atomic E-state index is -0.368. The first-order valence-electron chi connectivity index (χ1n) is 8.99. The smallest absolute Gasteiger partial charge is 0.244 e. The Labute approximate surface area is 155 Å². The van der Waals surface area contributed by atoms with Crippen LogP contribution in [0.2, 0.25) is 0 Å². The first-order chi connectivity index (χ1) is 12.6. The van der Waals surface area contributed by atoms with Gasteiger partial charge in [-0.25, -0.2) is 4.39 Å². The molecule has 0 aliphatic heterocycles. The third-order valence-corrected chi connectivity index (χ3v) is 4.37. The molecule has 2 aromatic rings. The van der Waals surface area contributed by atoms with Gasteiger partial charge in [0.2, 0.25) is 5.91 Å². The Bertz CT molecular complexity index is 689. The van der Waals surface area contributed by atoms with Crippen LogP contribution in [0.5, 0.6) is 5.75 Å². The number of ether oxygens (including phenoxy) is 1. The molecule has 26 heavy (non-hydrogen) atoms.